The van der Waals surface area contributed by atoms with Crippen LogP contribution in [0.1, 0.15) is 42.9 Å². The van der Waals surface area contributed by atoms with Gasteiger partial charge in [-0.3, -0.25) is 0 Å². The first-order chi connectivity index (χ1) is 13.8. The summed E-state index contributed by atoms with van der Waals surface area (Å²) in [6, 6.07) is 9.44. The Kier molecular flexibility index (Phi) is 8.30. The van der Waals surface area contributed by atoms with Crippen LogP contribution in [0, 0.1) is 11.6 Å². The third kappa shape index (κ3) is 8.01. The largest absolute Gasteiger partial charge is 0.478 e. The highest BCUT2D eigenvalue weighted by Crippen LogP contribution is 2.25. The van der Waals surface area contributed by atoms with E-state index in [2.05, 4.69) is 21.9 Å². The fourth-order valence-electron chi connectivity index (χ4n) is 2.50. The molecule has 0 fully saturated rings. The van der Waals surface area contributed by atoms with Gasteiger partial charge in [0.25, 0.3) is 0 Å². The molecule has 8 heteroatoms. The molecule has 0 amide bonds. The van der Waals surface area contributed by atoms with Gasteiger partial charge in [-0.1, -0.05) is 44.0 Å². The summed E-state index contributed by atoms with van der Waals surface area (Å²) in [7, 11) is 0. The maximum Gasteiger partial charge on any atom is 0.422 e. The van der Waals surface area contributed by atoms with Crippen LogP contribution >= 0.6 is 0 Å². The average molecular weight is 412 g/mol. The van der Waals surface area contributed by atoms with Gasteiger partial charge in [0.2, 0.25) is 0 Å². The molecule has 2 aromatic rings. The Balaban J connectivity index is 1.95. The minimum Gasteiger partial charge on any atom is -0.478 e. The molecule has 156 valence electrons. The Morgan fingerprint density at radius 2 is 1.48 bits per heavy atom. The fourth-order valence-corrected chi connectivity index (χ4v) is 2.50. The van der Waals surface area contributed by atoms with Gasteiger partial charge in [0.05, 0.1) is 12.4 Å². The first-order valence-electron chi connectivity index (χ1n) is 9.12. The Bertz CT molecular complexity index is 822. The van der Waals surface area contributed by atoms with Crippen molar-refractivity contribution in [1.82, 2.24) is 0 Å². The highest BCUT2D eigenvalue weighted by atomic mass is 19.4. The van der Waals surface area contributed by atoms with Crippen molar-refractivity contribution in [1.29, 1.82) is 0 Å². The van der Waals surface area contributed by atoms with Gasteiger partial charge in [-0.05, 0) is 36.1 Å². The number of benzene rings is 2. The summed E-state index contributed by atoms with van der Waals surface area (Å²) >= 11 is 0. The summed E-state index contributed by atoms with van der Waals surface area (Å²) in [4.78, 5) is 0. The number of unbranched alkanes of at least 4 members (excludes halogenated alkanes) is 2. The summed E-state index contributed by atoms with van der Waals surface area (Å²) in [6.45, 7) is 0.370. The van der Waals surface area contributed by atoms with Crippen LogP contribution in [0.3, 0.4) is 0 Å². The molecule has 0 bridgehead atoms. The number of halogens is 5. The van der Waals surface area contributed by atoms with Crippen LogP contribution in [-0.2, 0) is 6.42 Å². The number of hydrogen-bond donors (Lipinski definition) is 0. The predicted octanol–water partition coefficient (Wildman–Crippen LogP) is 6.09. The summed E-state index contributed by atoms with van der Waals surface area (Å²) in [6.07, 6.45) is 2.40. The zero-order valence-electron chi connectivity index (χ0n) is 15.8. The second-order valence-electron chi connectivity index (χ2n) is 6.41. The van der Waals surface area contributed by atoms with Crippen molar-refractivity contribution in [3.8, 4) is 5.75 Å². The third-order valence-electron chi connectivity index (χ3n) is 3.93. The number of hydrogen-bond acceptors (Lipinski definition) is 3. The van der Waals surface area contributed by atoms with Gasteiger partial charge in [-0.2, -0.15) is 23.4 Å². The third-order valence-corrected chi connectivity index (χ3v) is 3.93. The van der Waals surface area contributed by atoms with E-state index in [1.807, 2.05) is 24.3 Å². The molecule has 2 rings (SSSR count). The molecule has 0 saturated heterocycles. The molecular formula is C21H21F5N2O. The molecule has 0 radical (unpaired) electrons. The Morgan fingerprint density at radius 3 is 2.03 bits per heavy atom. The van der Waals surface area contributed by atoms with Crippen molar-refractivity contribution in [2.45, 2.75) is 38.8 Å². The van der Waals surface area contributed by atoms with Crippen LogP contribution in [-0.4, -0.2) is 25.2 Å². The van der Waals surface area contributed by atoms with E-state index in [0.29, 0.717) is 0 Å². The monoisotopic (exact) mass is 412 g/mol. The maximum absolute atomic E-state index is 13.8. The lowest BCUT2D eigenvalue weighted by atomic mass is 10.1. The molecular weight excluding hydrogens is 391 g/mol. The van der Waals surface area contributed by atoms with E-state index in [0.717, 1.165) is 36.8 Å². The van der Waals surface area contributed by atoms with Gasteiger partial charge < -0.3 is 4.74 Å². The van der Waals surface area contributed by atoms with E-state index in [9.17, 15) is 22.0 Å². The summed E-state index contributed by atoms with van der Waals surface area (Å²) in [5.74, 6) is -3.58. The molecule has 29 heavy (non-hydrogen) atoms. The fraction of sp³-hybridized carbons (Fsp3) is 0.333. The Morgan fingerprint density at radius 1 is 0.897 bits per heavy atom. The lowest BCUT2D eigenvalue weighted by molar-refractivity contribution is -0.154. The summed E-state index contributed by atoms with van der Waals surface area (Å²) in [5.41, 5.74) is 2.05. The lowest BCUT2D eigenvalue weighted by Gasteiger charge is -2.10. The number of alkyl halides is 3. The molecule has 2 aromatic carbocycles. The molecule has 0 aliphatic rings. The molecule has 0 atom stereocenters. The van der Waals surface area contributed by atoms with Crippen LogP contribution < -0.4 is 4.74 Å². The standard InChI is InChI=1S/C21H21F5N2O/c1-2-3-4-5-15-6-8-16(9-7-15)12-27-28-13-17-10-18(22)20(19(23)11-17)29-14-21(24,25)26/h6-13H,2-5,14H2,1H3. The van der Waals surface area contributed by atoms with E-state index in [1.165, 1.54) is 24.6 Å². The van der Waals surface area contributed by atoms with Gasteiger partial charge in [-0.25, -0.2) is 8.78 Å². The molecule has 3 nitrogen and oxygen atoms in total. The first-order valence-corrected chi connectivity index (χ1v) is 9.12. The summed E-state index contributed by atoms with van der Waals surface area (Å²) in [5, 5.41) is 7.52. The number of rotatable bonds is 9. The van der Waals surface area contributed by atoms with Crippen molar-refractivity contribution in [3.63, 3.8) is 0 Å². The highest BCUT2D eigenvalue weighted by Gasteiger charge is 2.29. The SMILES string of the molecule is CCCCCc1ccc(C=NN=Cc2cc(F)c(OCC(F)(F)F)c(F)c2)cc1. The van der Waals surface area contributed by atoms with E-state index in [-0.39, 0.29) is 5.56 Å². The number of aryl methyl sites for hydroxylation is 1. The Hall–Kier alpha value is -2.77. The van der Waals surface area contributed by atoms with Gasteiger partial charge in [-0.15, -0.1) is 0 Å². The zero-order chi connectivity index (χ0) is 21.3. The summed E-state index contributed by atoms with van der Waals surface area (Å²) < 4.78 is 68.1. The lowest BCUT2D eigenvalue weighted by Crippen LogP contribution is -2.20. The quantitative estimate of drug-likeness (QED) is 0.212. The van der Waals surface area contributed by atoms with Crippen molar-refractivity contribution in [2.24, 2.45) is 10.2 Å². The van der Waals surface area contributed by atoms with Crippen molar-refractivity contribution in [3.05, 3.63) is 64.7 Å². The minimum absolute atomic E-state index is 0.00257. The average Bonchev–Trinajstić information content (AvgIpc) is 2.65. The molecule has 0 N–H and O–H groups in total. The predicted molar refractivity (Wildman–Crippen MR) is 103 cm³/mol. The van der Waals surface area contributed by atoms with Crippen molar-refractivity contribution < 1.29 is 26.7 Å². The number of ether oxygens (including phenoxy) is 1. The molecule has 0 heterocycles. The molecule has 0 aliphatic heterocycles. The number of nitrogens with zero attached hydrogens (tertiary/aromatic N) is 2. The second-order valence-corrected chi connectivity index (χ2v) is 6.41. The van der Waals surface area contributed by atoms with Crippen molar-refractivity contribution in [2.75, 3.05) is 6.61 Å². The normalized spacial score (nSPS) is 12.2. The van der Waals surface area contributed by atoms with Crippen LogP contribution in [0.4, 0.5) is 22.0 Å². The van der Waals surface area contributed by atoms with Crippen molar-refractivity contribution >= 4 is 12.4 Å². The van der Waals surface area contributed by atoms with E-state index in [4.69, 9.17) is 0 Å². The Labute approximate surface area is 165 Å². The zero-order valence-corrected chi connectivity index (χ0v) is 15.8. The van der Waals surface area contributed by atoms with Crippen LogP contribution in [0.25, 0.3) is 0 Å². The van der Waals surface area contributed by atoms with Gasteiger partial charge >= 0.3 is 6.18 Å². The van der Waals surface area contributed by atoms with Crippen LogP contribution in [0.2, 0.25) is 0 Å². The van der Waals surface area contributed by atoms with Crippen LogP contribution in [0.5, 0.6) is 5.75 Å². The van der Waals surface area contributed by atoms with Gasteiger partial charge in [0.15, 0.2) is 24.0 Å². The minimum atomic E-state index is -4.69. The molecule has 0 saturated carbocycles. The second kappa shape index (κ2) is 10.7. The van der Waals surface area contributed by atoms with E-state index in [1.54, 1.807) is 0 Å². The van der Waals surface area contributed by atoms with E-state index < -0.39 is 30.2 Å². The van der Waals surface area contributed by atoms with Crippen LogP contribution in [0.15, 0.2) is 46.6 Å². The first kappa shape index (κ1) is 22.5. The molecule has 0 aromatic heterocycles. The highest BCUT2D eigenvalue weighted by molar-refractivity contribution is 5.82. The molecule has 0 unspecified atom stereocenters. The molecule has 0 spiro atoms. The maximum atomic E-state index is 13.8. The van der Waals surface area contributed by atoms with Gasteiger partial charge in [0.1, 0.15) is 0 Å². The topological polar surface area (TPSA) is 34.0 Å². The molecule has 0 aliphatic carbocycles. The van der Waals surface area contributed by atoms with Gasteiger partial charge in [0, 0.05) is 5.56 Å². The van der Waals surface area contributed by atoms with E-state index >= 15 is 0 Å². The smallest absolute Gasteiger partial charge is 0.422 e.